The third-order valence-corrected chi connectivity index (χ3v) is 3.76. The fourth-order valence-electron chi connectivity index (χ4n) is 2.39. The molecular weight excluding hydrogens is 345 g/mol. The van der Waals surface area contributed by atoms with Crippen LogP contribution in [-0.4, -0.2) is 59.9 Å². The zero-order valence-electron chi connectivity index (χ0n) is 14.5. The van der Waals surface area contributed by atoms with E-state index in [1.165, 1.54) is 37.1 Å². The zero-order chi connectivity index (χ0) is 19.3. The van der Waals surface area contributed by atoms with Crippen LogP contribution in [0.5, 0.6) is 0 Å². The van der Waals surface area contributed by atoms with Crippen LogP contribution in [0.4, 0.5) is 14.9 Å². The predicted octanol–water partition coefficient (Wildman–Crippen LogP) is 1.37. The number of hydrogen-bond acceptors (Lipinski definition) is 5. The summed E-state index contributed by atoms with van der Waals surface area (Å²) in [6.45, 7) is 1.54. The summed E-state index contributed by atoms with van der Waals surface area (Å²) in [6, 6.07) is 4.95. The summed E-state index contributed by atoms with van der Waals surface area (Å²) >= 11 is 0. The Balaban J connectivity index is 1.74. The molecule has 26 heavy (non-hydrogen) atoms. The number of rotatable bonds is 7. The number of ether oxygens (including phenoxy) is 1. The molecule has 4 amide bonds. The van der Waals surface area contributed by atoms with Crippen LogP contribution in [0.2, 0.25) is 0 Å². The fraction of sp³-hybridized carbons (Fsp3) is 0.412. The molecule has 0 unspecified atom stereocenters. The van der Waals surface area contributed by atoms with Crippen molar-refractivity contribution in [3.05, 3.63) is 30.1 Å². The minimum Gasteiger partial charge on any atom is -0.453 e. The van der Waals surface area contributed by atoms with Gasteiger partial charge in [-0.3, -0.25) is 19.3 Å². The highest BCUT2D eigenvalue weighted by molar-refractivity contribution is 6.01. The van der Waals surface area contributed by atoms with Gasteiger partial charge in [0.1, 0.15) is 12.4 Å². The van der Waals surface area contributed by atoms with E-state index in [0.717, 1.165) is 11.0 Å². The Hall–Kier alpha value is -2.97. The van der Waals surface area contributed by atoms with Crippen LogP contribution in [-0.2, 0) is 19.1 Å². The SMILES string of the molecule is C[C@H](OC(=O)CCCN1C(=O)CN(C)C1=O)C(=O)Nc1cccc(F)c1. The highest BCUT2D eigenvalue weighted by Crippen LogP contribution is 2.12. The third kappa shape index (κ3) is 5.01. The number of amides is 4. The van der Waals surface area contributed by atoms with E-state index in [2.05, 4.69) is 5.32 Å². The van der Waals surface area contributed by atoms with Crippen LogP contribution in [0.1, 0.15) is 19.8 Å². The second-order valence-electron chi connectivity index (χ2n) is 5.92. The standard InChI is InChI=1S/C17H20FN3O5/c1-11(16(24)19-13-6-3-5-12(18)9-13)26-15(23)7-4-8-21-14(22)10-20(2)17(21)25/h3,5-6,9,11H,4,7-8,10H2,1-2H3,(H,19,24)/t11-/m0/s1. The van der Waals surface area contributed by atoms with Crippen LogP contribution in [0.3, 0.4) is 0 Å². The van der Waals surface area contributed by atoms with Crippen LogP contribution in [0.25, 0.3) is 0 Å². The van der Waals surface area contributed by atoms with Crippen LogP contribution in [0.15, 0.2) is 24.3 Å². The number of carbonyl (C=O) groups is 4. The lowest BCUT2D eigenvalue weighted by molar-refractivity contribution is -0.153. The lowest BCUT2D eigenvalue weighted by Crippen LogP contribution is -2.33. The summed E-state index contributed by atoms with van der Waals surface area (Å²) in [5.74, 6) is -2.02. The number of likely N-dealkylation sites (N-methyl/N-ethyl adjacent to an activating group) is 1. The molecule has 1 heterocycles. The predicted molar refractivity (Wildman–Crippen MR) is 89.6 cm³/mol. The molecule has 1 aliphatic rings. The fourth-order valence-corrected chi connectivity index (χ4v) is 2.39. The van der Waals surface area contributed by atoms with Crippen molar-refractivity contribution in [2.45, 2.75) is 25.9 Å². The highest BCUT2D eigenvalue weighted by Gasteiger charge is 2.33. The van der Waals surface area contributed by atoms with Crippen molar-refractivity contribution in [3.63, 3.8) is 0 Å². The van der Waals surface area contributed by atoms with Crippen molar-refractivity contribution in [3.8, 4) is 0 Å². The molecule has 1 aromatic carbocycles. The van der Waals surface area contributed by atoms with Gasteiger partial charge >= 0.3 is 12.0 Å². The van der Waals surface area contributed by atoms with Gasteiger partial charge in [-0.1, -0.05) is 6.07 Å². The molecule has 1 aliphatic heterocycles. The second-order valence-corrected chi connectivity index (χ2v) is 5.92. The van der Waals surface area contributed by atoms with E-state index in [1.54, 1.807) is 0 Å². The number of anilines is 1. The highest BCUT2D eigenvalue weighted by atomic mass is 19.1. The number of nitrogens with zero attached hydrogens (tertiary/aromatic N) is 2. The summed E-state index contributed by atoms with van der Waals surface area (Å²) < 4.78 is 18.1. The number of imide groups is 1. The summed E-state index contributed by atoms with van der Waals surface area (Å²) in [4.78, 5) is 49.4. The van der Waals surface area contributed by atoms with E-state index in [9.17, 15) is 23.6 Å². The molecule has 0 spiro atoms. The maximum atomic E-state index is 13.1. The number of benzene rings is 1. The van der Waals surface area contributed by atoms with Crippen molar-refractivity contribution < 1.29 is 28.3 Å². The molecule has 140 valence electrons. The van der Waals surface area contributed by atoms with Gasteiger partial charge in [-0.2, -0.15) is 0 Å². The first-order valence-electron chi connectivity index (χ1n) is 8.09. The lowest BCUT2D eigenvalue weighted by Gasteiger charge is -2.15. The van der Waals surface area contributed by atoms with Crippen molar-refractivity contribution in [2.75, 3.05) is 25.5 Å². The molecular formula is C17H20FN3O5. The molecule has 0 bridgehead atoms. The van der Waals surface area contributed by atoms with E-state index < -0.39 is 29.8 Å². The zero-order valence-corrected chi connectivity index (χ0v) is 14.5. The van der Waals surface area contributed by atoms with Gasteiger partial charge in [-0.25, -0.2) is 9.18 Å². The first-order valence-corrected chi connectivity index (χ1v) is 8.09. The molecule has 0 radical (unpaired) electrons. The molecule has 9 heteroatoms. The molecule has 2 rings (SSSR count). The Kier molecular flexibility index (Phi) is 6.26. The van der Waals surface area contributed by atoms with Crippen LogP contribution in [0, 0.1) is 5.82 Å². The minimum absolute atomic E-state index is 0.0283. The van der Waals surface area contributed by atoms with E-state index in [-0.39, 0.29) is 37.5 Å². The molecule has 1 fully saturated rings. The normalized spacial score (nSPS) is 15.2. The van der Waals surface area contributed by atoms with Gasteiger partial charge < -0.3 is 15.0 Å². The maximum absolute atomic E-state index is 13.1. The van der Waals surface area contributed by atoms with Crippen LogP contribution < -0.4 is 5.32 Å². The van der Waals surface area contributed by atoms with Gasteiger partial charge in [0.2, 0.25) is 5.91 Å². The second kappa shape index (κ2) is 8.41. The average molecular weight is 365 g/mol. The first kappa shape index (κ1) is 19.4. The van der Waals surface area contributed by atoms with Gasteiger partial charge in [-0.05, 0) is 31.5 Å². The summed E-state index contributed by atoms with van der Waals surface area (Å²) in [5, 5.41) is 2.45. The molecule has 1 saturated heterocycles. The van der Waals surface area contributed by atoms with Crippen molar-refractivity contribution >= 4 is 29.5 Å². The number of esters is 1. The number of urea groups is 1. The Morgan fingerprint density at radius 2 is 2.08 bits per heavy atom. The van der Waals surface area contributed by atoms with E-state index >= 15 is 0 Å². The number of nitrogens with one attached hydrogen (secondary N) is 1. The quantitative estimate of drug-likeness (QED) is 0.582. The molecule has 1 aromatic rings. The minimum atomic E-state index is -1.06. The smallest absolute Gasteiger partial charge is 0.326 e. The van der Waals surface area contributed by atoms with E-state index in [0.29, 0.717) is 0 Å². The third-order valence-electron chi connectivity index (χ3n) is 3.76. The van der Waals surface area contributed by atoms with Gasteiger partial charge in [0.25, 0.3) is 5.91 Å². The van der Waals surface area contributed by atoms with Crippen molar-refractivity contribution in [1.29, 1.82) is 0 Å². The van der Waals surface area contributed by atoms with Gasteiger partial charge in [0, 0.05) is 25.7 Å². The molecule has 0 aromatic heterocycles. The van der Waals surface area contributed by atoms with Crippen LogP contribution >= 0.6 is 0 Å². The van der Waals surface area contributed by atoms with Gasteiger partial charge in [-0.15, -0.1) is 0 Å². The Morgan fingerprint density at radius 1 is 1.35 bits per heavy atom. The number of carbonyl (C=O) groups excluding carboxylic acids is 4. The van der Waals surface area contributed by atoms with Gasteiger partial charge in [0.15, 0.2) is 6.10 Å². The summed E-state index contributed by atoms with van der Waals surface area (Å²) in [6.07, 6.45) is -0.868. The molecule has 0 saturated carbocycles. The van der Waals surface area contributed by atoms with Crippen molar-refractivity contribution in [2.24, 2.45) is 0 Å². The molecule has 0 aliphatic carbocycles. The number of halogens is 1. The monoisotopic (exact) mass is 365 g/mol. The Labute approximate surface area is 149 Å². The number of hydrogen-bond donors (Lipinski definition) is 1. The summed E-state index contributed by atoms with van der Waals surface area (Å²) in [7, 11) is 1.52. The first-order chi connectivity index (χ1) is 12.3. The molecule has 1 N–H and O–H groups in total. The topological polar surface area (TPSA) is 96.0 Å². The Bertz CT molecular complexity index is 724. The average Bonchev–Trinajstić information content (AvgIpc) is 2.80. The van der Waals surface area contributed by atoms with Crippen molar-refractivity contribution in [1.82, 2.24) is 9.80 Å². The largest absolute Gasteiger partial charge is 0.453 e. The maximum Gasteiger partial charge on any atom is 0.326 e. The molecule has 8 nitrogen and oxygen atoms in total. The van der Waals surface area contributed by atoms with E-state index in [4.69, 9.17) is 4.74 Å². The Morgan fingerprint density at radius 3 is 2.69 bits per heavy atom. The molecule has 1 atom stereocenters. The van der Waals surface area contributed by atoms with Gasteiger partial charge in [0.05, 0.1) is 0 Å². The summed E-state index contributed by atoms with van der Waals surface area (Å²) in [5.41, 5.74) is 0.257. The van der Waals surface area contributed by atoms with E-state index in [1.807, 2.05) is 0 Å². The lowest BCUT2D eigenvalue weighted by atomic mass is 10.2.